The Kier molecular flexibility index (Phi) is 5.50. The highest BCUT2D eigenvalue weighted by molar-refractivity contribution is 6.45. The topological polar surface area (TPSA) is 112 Å². The number of carbonyl (C=O) groups is 3. The van der Waals surface area contributed by atoms with Crippen LogP contribution in [0.4, 0.5) is 0 Å². The van der Waals surface area contributed by atoms with E-state index in [1.54, 1.807) is 0 Å². The van der Waals surface area contributed by atoms with E-state index in [0.717, 1.165) is 41.5 Å². The van der Waals surface area contributed by atoms with E-state index < -0.39 is 24.3 Å². The molecule has 3 N–H and O–H groups in total. The number of amides is 1. The number of nitrogens with zero attached hydrogens (tertiary/aromatic N) is 1. The summed E-state index contributed by atoms with van der Waals surface area (Å²) in [5.41, 5.74) is 10.4. The molecule has 160 valence electrons. The minimum absolute atomic E-state index is 0.219. The number of Topliss-reactive ketones (excluding diaryl/α,β-unsaturated/α-hetero) is 1. The van der Waals surface area contributed by atoms with Gasteiger partial charge in [-0.25, -0.2) is 4.79 Å². The molecule has 0 aliphatic heterocycles. The fourth-order valence-corrected chi connectivity index (χ4v) is 4.58. The van der Waals surface area contributed by atoms with Gasteiger partial charge in [-0.2, -0.15) is 0 Å². The van der Waals surface area contributed by atoms with Crippen LogP contribution in [0.1, 0.15) is 46.1 Å². The number of nitrogens with two attached hydrogens (primary N) is 1. The summed E-state index contributed by atoms with van der Waals surface area (Å²) in [4.78, 5) is 36.0. The van der Waals surface area contributed by atoms with Gasteiger partial charge < -0.3 is 20.1 Å². The highest BCUT2D eigenvalue weighted by Crippen LogP contribution is 2.42. The van der Waals surface area contributed by atoms with Crippen molar-refractivity contribution >= 4 is 28.6 Å². The average Bonchev–Trinajstić information content (AvgIpc) is 3.34. The Bertz CT molecular complexity index is 1190. The number of fused-ring (bicyclic) bond motifs is 3. The highest BCUT2D eigenvalue weighted by atomic mass is 16.5. The second kappa shape index (κ2) is 8.26. The summed E-state index contributed by atoms with van der Waals surface area (Å²) in [5.74, 6) is -2.63. The third-order valence-corrected chi connectivity index (χ3v) is 5.79. The molecule has 4 rings (SSSR count). The van der Waals surface area contributed by atoms with Crippen molar-refractivity contribution in [1.29, 1.82) is 0 Å². The summed E-state index contributed by atoms with van der Waals surface area (Å²) < 4.78 is 7.69. The summed E-state index contributed by atoms with van der Waals surface area (Å²) in [5, 5.41) is 9.62. The van der Waals surface area contributed by atoms with Gasteiger partial charge in [0.15, 0.2) is 6.61 Å². The monoisotopic (exact) mass is 420 g/mol. The van der Waals surface area contributed by atoms with Gasteiger partial charge in [-0.15, -0.1) is 0 Å². The minimum atomic E-state index is -1.11. The van der Waals surface area contributed by atoms with Gasteiger partial charge in [0, 0.05) is 12.2 Å². The zero-order chi connectivity index (χ0) is 22.1. The molecule has 0 saturated heterocycles. The molecular formula is C24H24N2O5. The maximum absolute atomic E-state index is 12.9. The van der Waals surface area contributed by atoms with Crippen LogP contribution >= 0.6 is 0 Å². The number of ether oxygens (including phenoxy) is 1. The van der Waals surface area contributed by atoms with Gasteiger partial charge in [-0.05, 0) is 48.4 Å². The predicted octanol–water partition coefficient (Wildman–Crippen LogP) is 2.87. The molecule has 0 atom stereocenters. The van der Waals surface area contributed by atoms with E-state index in [2.05, 4.69) is 4.57 Å². The van der Waals surface area contributed by atoms with Crippen molar-refractivity contribution in [1.82, 2.24) is 4.57 Å². The van der Waals surface area contributed by atoms with Crippen LogP contribution in [0.3, 0.4) is 0 Å². The Morgan fingerprint density at radius 3 is 2.55 bits per heavy atom. The molecule has 0 saturated carbocycles. The van der Waals surface area contributed by atoms with E-state index in [1.807, 2.05) is 43.3 Å². The Labute approximate surface area is 179 Å². The number of aryl methyl sites for hydroxylation is 2. The standard InChI is InChI=1S/C24H24N2O5/c1-2-17-20(23(29)24(25)30)21-18(31-13-19(27)28)11-15-9-6-10-16(15)22(21)26(17)12-14-7-4-3-5-8-14/h3-5,7-8,11H,2,6,9-10,12-13H2,1H3,(H2,25,30)(H,27,28). The van der Waals surface area contributed by atoms with Gasteiger partial charge in [-0.1, -0.05) is 37.3 Å². The molecule has 31 heavy (non-hydrogen) atoms. The van der Waals surface area contributed by atoms with Gasteiger partial charge in [0.1, 0.15) is 5.75 Å². The molecule has 7 nitrogen and oxygen atoms in total. The first kappa shape index (κ1) is 20.7. The summed E-state index contributed by atoms with van der Waals surface area (Å²) in [6.45, 7) is 1.90. The second-order valence-electron chi connectivity index (χ2n) is 7.71. The molecule has 1 aromatic heterocycles. The Balaban J connectivity index is 2.06. The maximum Gasteiger partial charge on any atom is 0.341 e. The van der Waals surface area contributed by atoms with Crippen LogP contribution in [0.15, 0.2) is 36.4 Å². The number of ketones is 1. The first-order valence-corrected chi connectivity index (χ1v) is 10.3. The minimum Gasteiger partial charge on any atom is -0.481 e. The molecule has 1 aliphatic rings. The van der Waals surface area contributed by atoms with Crippen molar-refractivity contribution in [2.75, 3.05) is 6.61 Å². The number of aromatic nitrogens is 1. The SMILES string of the molecule is CCc1c(C(=O)C(N)=O)c2c(OCC(=O)O)cc3c(c2n1Cc1ccccc1)CCC3. The summed E-state index contributed by atoms with van der Waals surface area (Å²) in [6.07, 6.45) is 3.16. The van der Waals surface area contributed by atoms with Crippen molar-refractivity contribution in [3.05, 3.63) is 64.3 Å². The molecule has 0 fully saturated rings. The molecule has 0 spiro atoms. The summed E-state index contributed by atoms with van der Waals surface area (Å²) >= 11 is 0. The summed E-state index contributed by atoms with van der Waals surface area (Å²) in [6, 6.07) is 11.7. The fourth-order valence-electron chi connectivity index (χ4n) is 4.58. The van der Waals surface area contributed by atoms with E-state index in [9.17, 15) is 14.4 Å². The zero-order valence-corrected chi connectivity index (χ0v) is 17.3. The van der Waals surface area contributed by atoms with E-state index in [4.69, 9.17) is 15.6 Å². The van der Waals surface area contributed by atoms with Crippen LogP contribution in [0.5, 0.6) is 5.75 Å². The lowest BCUT2D eigenvalue weighted by Gasteiger charge is -2.14. The molecule has 1 amide bonds. The summed E-state index contributed by atoms with van der Waals surface area (Å²) in [7, 11) is 0. The molecule has 2 aromatic carbocycles. The largest absolute Gasteiger partial charge is 0.481 e. The Morgan fingerprint density at radius 2 is 1.90 bits per heavy atom. The third-order valence-electron chi connectivity index (χ3n) is 5.79. The number of primary amides is 1. The van der Waals surface area contributed by atoms with Gasteiger partial charge in [0.05, 0.1) is 16.5 Å². The zero-order valence-electron chi connectivity index (χ0n) is 17.3. The first-order chi connectivity index (χ1) is 14.9. The maximum atomic E-state index is 12.9. The predicted molar refractivity (Wildman–Crippen MR) is 116 cm³/mol. The number of aliphatic carboxylic acids is 1. The molecule has 0 unspecified atom stereocenters. The number of benzene rings is 2. The Hall–Kier alpha value is -3.61. The van der Waals surface area contributed by atoms with Crippen LogP contribution in [-0.4, -0.2) is 33.9 Å². The van der Waals surface area contributed by atoms with Crippen molar-refractivity contribution in [3.8, 4) is 5.75 Å². The lowest BCUT2D eigenvalue weighted by atomic mass is 9.99. The number of hydrogen-bond acceptors (Lipinski definition) is 4. The number of hydrogen-bond donors (Lipinski definition) is 2. The van der Waals surface area contributed by atoms with Crippen molar-refractivity contribution in [2.24, 2.45) is 5.73 Å². The quantitative estimate of drug-likeness (QED) is 0.430. The average molecular weight is 420 g/mol. The number of rotatable bonds is 8. The fraction of sp³-hybridized carbons (Fsp3) is 0.292. The van der Waals surface area contributed by atoms with E-state index >= 15 is 0 Å². The molecule has 0 radical (unpaired) electrons. The molecular weight excluding hydrogens is 396 g/mol. The van der Waals surface area contributed by atoms with Crippen LogP contribution < -0.4 is 10.5 Å². The van der Waals surface area contributed by atoms with Crippen LogP contribution in [0.2, 0.25) is 0 Å². The Morgan fingerprint density at radius 1 is 1.16 bits per heavy atom. The highest BCUT2D eigenvalue weighted by Gasteiger charge is 2.31. The van der Waals surface area contributed by atoms with Gasteiger partial charge in [-0.3, -0.25) is 9.59 Å². The molecule has 1 heterocycles. The van der Waals surface area contributed by atoms with Crippen molar-refractivity contribution in [2.45, 2.75) is 39.2 Å². The number of carboxylic acid groups (broad SMARTS) is 1. The second-order valence-corrected chi connectivity index (χ2v) is 7.71. The first-order valence-electron chi connectivity index (χ1n) is 10.3. The third kappa shape index (κ3) is 3.67. The van der Waals surface area contributed by atoms with Crippen molar-refractivity contribution < 1.29 is 24.2 Å². The van der Waals surface area contributed by atoms with E-state index in [0.29, 0.717) is 29.8 Å². The lowest BCUT2D eigenvalue weighted by molar-refractivity contribution is -0.139. The van der Waals surface area contributed by atoms with Crippen LogP contribution in [0, 0.1) is 0 Å². The normalized spacial score (nSPS) is 12.7. The molecule has 1 aliphatic carbocycles. The molecule has 3 aromatic rings. The molecule has 7 heteroatoms. The van der Waals surface area contributed by atoms with Crippen LogP contribution in [0.25, 0.3) is 10.9 Å². The van der Waals surface area contributed by atoms with Gasteiger partial charge in [0.25, 0.3) is 11.7 Å². The number of carboxylic acids is 1. The number of carbonyl (C=O) groups excluding carboxylic acids is 2. The lowest BCUT2D eigenvalue weighted by Crippen LogP contribution is -2.24. The van der Waals surface area contributed by atoms with Crippen molar-refractivity contribution in [3.63, 3.8) is 0 Å². The van der Waals surface area contributed by atoms with E-state index in [-0.39, 0.29) is 5.56 Å². The van der Waals surface area contributed by atoms with Gasteiger partial charge >= 0.3 is 5.97 Å². The van der Waals surface area contributed by atoms with Gasteiger partial charge in [0.2, 0.25) is 0 Å². The van der Waals surface area contributed by atoms with E-state index in [1.165, 1.54) is 0 Å². The smallest absolute Gasteiger partial charge is 0.341 e. The molecule has 0 bridgehead atoms. The van der Waals surface area contributed by atoms with Crippen LogP contribution in [-0.2, 0) is 35.4 Å².